The van der Waals surface area contributed by atoms with Crippen LogP contribution in [-0.2, 0) is 0 Å². The van der Waals surface area contributed by atoms with Crippen LogP contribution in [0.25, 0.3) is 16.6 Å². The number of carbonyl (C=O) groups excluding carboxylic acids is 1. The molecule has 1 atom stereocenters. The second kappa shape index (κ2) is 8.58. The zero-order valence-corrected chi connectivity index (χ0v) is 17.4. The van der Waals surface area contributed by atoms with E-state index in [0.717, 1.165) is 5.75 Å². The highest BCUT2D eigenvalue weighted by Crippen LogP contribution is 2.20. The van der Waals surface area contributed by atoms with Crippen LogP contribution in [0.5, 0.6) is 5.75 Å². The Morgan fingerprint density at radius 3 is 2.97 bits per heavy atom. The van der Waals surface area contributed by atoms with E-state index in [4.69, 9.17) is 4.74 Å². The Hall–Kier alpha value is -3.33. The molecule has 2 N–H and O–H groups in total. The van der Waals surface area contributed by atoms with Gasteiger partial charge in [-0.3, -0.25) is 14.0 Å². The van der Waals surface area contributed by atoms with E-state index >= 15 is 0 Å². The first kappa shape index (κ1) is 20.0. The number of nitrogens with one attached hydrogen (secondary N) is 2. The molecule has 0 fully saturated rings. The molecule has 0 saturated carbocycles. The van der Waals surface area contributed by atoms with Gasteiger partial charge in [0.15, 0.2) is 11.5 Å². The van der Waals surface area contributed by atoms with Crippen LogP contribution in [0.1, 0.15) is 28.6 Å². The molecule has 0 aliphatic rings. The van der Waals surface area contributed by atoms with Crippen LogP contribution in [0, 0.1) is 0 Å². The fourth-order valence-corrected chi connectivity index (χ4v) is 3.80. The molecule has 0 radical (unpaired) electrons. The molecule has 4 rings (SSSR count). The Morgan fingerprint density at radius 2 is 2.17 bits per heavy atom. The summed E-state index contributed by atoms with van der Waals surface area (Å²) in [6, 6.07) is 10.4. The van der Waals surface area contributed by atoms with Crippen LogP contribution >= 0.6 is 11.8 Å². The first-order valence-electron chi connectivity index (χ1n) is 9.41. The summed E-state index contributed by atoms with van der Waals surface area (Å²) in [5, 5.41) is 11.8. The van der Waals surface area contributed by atoms with E-state index in [1.165, 1.54) is 13.3 Å². The lowest BCUT2D eigenvalue weighted by Crippen LogP contribution is -2.33. The van der Waals surface area contributed by atoms with E-state index in [-0.39, 0.29) is 17.0 Å². The molecule has 0 spiro atoms. The highest BCUT2D eigenvalue weighted by Gasteiger charge is 2.22. The summed E-state index contributed by atoms with van der Waals surface area (Å²) in [7, 11) is 1.53. The van der Waals surface area contributed by atoms with Gasteiger partial charge in [0.05, 0.1) is 13.2 Å². The average molecular weight is 423 g/mol. The van der Waals surface area contributed by atoms with E-state index in [1.807, 2.05) is 35.1 Å². The minimum Gasteiger partial charge on any atom is -0.497 e. The van der Waals surface area contributed by atoms with E-state index in [9.17, 15) is 9.59 Å². The molecule has 4 aromatic rings. The molecule has 0 bridgehead atoms. The molecule has 0 unspecified atom stereocenters. The summed E-state index contributed by atoms with van der Waals surface area (Å²) in [5.74, 6) is 1.54. The van der Waals surface area contributed by atoms with Crippen LogP contribution in [0.2, 0.25) is 0 Å². The van der Waals surface area contributed by atoms with Gasteiger partial charge in [-0.2, -0.15) is 11.8 Å². The number of hydrogen-bond donors (Lipinski definition) is 2. The standard InChI is InChI=1S/C21H21N5O3S/c1-29-13-6-7-16-14(11-13)19(27)15(12-22-16)21(28)23-17(8-10-30-2)20-25-24-18-5-3-4-9-26(18)20/h3-7,9,11-12,17H,8,10H2,1-2H3,(H,22,27)(H,23,28)/t17-/m0/s1. The normalized spacial score (nSPS) is 12.2. The maximum Gasteiger partial charge on any atom is 0.257 e. The number of nitrogens with zero attached hydrogens (tertiary/aromatic N) is 3. The van der Waals surface area contributed by atoms with Crippen molar-refractivity contribution in [2.24, 2.45) is 0 Å². The second-order valence-corrected chi connectivity index (χ2v) is 7.72. The average Bonchev–Trinajstić information content (AvgIpc) is 3.20. The largest absolute Gasteiger partial charge is 0.497 e. The number of aromatic nitrogens is 4. The van der Waals surface area contributed by atoms with Gasteiger partial charge in [0.2, 0.25) is 5.43 Å². The minimum atomic E-state index is -0.459. The Kier molecular flexibility index (Phi) is 5.71. The number of benzene rings is 1. The summed E-state index contributed by atoms with van der Waals surface area (Å²) in [6.45, 7) is 0. The summed E-state index contributed by atoms with van der Waals surface area (Å²) in [6.07, 6.45) is 5.96. The van der Waals surface area contributed by atoms with Gasteiger partial charge in [-0.15, -0.1) is 10.2 Å². The van der Waals surface area contributed by atoms with Crippen molar-refractivity contribution in [3.63, 3.8) is 0 Å². The number of fused-ring (bicyclic) bond motifs is 2. The van der Waals surface area contributed by atoms with Crippen LogP contribution in [0.3, 0.4) is 0 Å². The van der Waals surface area contributed by atoms with E-state index in [0.29, 0.717) is 34.5 Å². The van der Waals surface area contributed by atoms with Crippen molar-refractivity contribution in [1.29, 1.82) is 0 Å². The molecular weight excluding hydrogens is 402 g/mol. The molecule has 9 heteroatoms. The maximum absolute atomic E-state index is 13.0. The molecule has 3 aromatic heterocycles. The van der Waals surface area contributed by atoms with Crippen molar-refractivity contribution in [3.8, 4) is 5.75 Å². The zero-order chi connectivity index (χ0) is 21.1. The predicted octanol–water partition coefficient (Wildman–Crippen LogP) is 2.80. The molecule has 0 saturated heterocycles. The molecule has 154 valence electrons. The highest BCUT2D eigenvalue weighted by molar-refractivity contribution is 7.98. The van der Waals surface area contributed by atoms with Crippen molar-refractivity contribution in [2.75, 3.05) is 19.1 Å². The van der Waals surface area contributed by atoms with E-state index in [1.54, 1.807) is 30.0 Å². The van der Waals surface area contributed by atoms with E-state index < -0.39 is 5.91 Å². The fraction of sp³-hybridized carbons (Fsp3) is 0.238. The van der Waals surface area contributed by atoms with Gasteiger partial charge in [-0.1, -0.05) is 6.07 Å². The monoisotopic (exact) mass is 423 g/mol. The van der Waals surface area contributed by atoms with Crippen LogP contribution in [-0.4, -0.2) is 44.6 Å². The molecule has 8 nitrogen and oxygen atoms in total. The van der Waals surface area contributed by atoms with Crippen molar-refractivity contribution in [3.05, 3.63) is 70.4 Å². The Morgan fingerprint density at radius 1 is 1.30 bits per heavy atom. The maximum atomic E-state index is 13.0. The smallest absolute Gasteiger partial charge is 0.257 e. The van der Waals surface area contributed by atoms with Gasteiger partial charge in [-0.25, -0.2) is 0 Å². The number of methoxy groups -OCH3 is 1. The summed E-state index contributed by atoms with van der Waals surface area (Å²) < 4.78 is 7.05. The molecule has 1 aromatic carbocycles. The number of aromatic amines is 1. The summed E-state index contributed by atoms with van der Waals surface area (Å²) >= 11 is 1.67. The Balaban J connectivity index is 1.69. The first-order valence-corrected chi connectivity index (χ1v) is 10.8. The predicted molar refractivity (Wildman–Crippen MR) is 117 cm³/mol. The first-order chi connectivity index (χ1) is 14.6. The number of H-pyrrole nitrogens is 1. The summed E-state index contributed by atoms with van der Waals surface area (Å²) in [5.41, 5.74) is 1.03. The van der Waals surface area contributed by atoms with Crippen molar-refractivity contribution in [2.45, 2.75) is 12.5 Å². The molecule has 0 aliphatic heterocycles. The third-order valence-corrected chi connectivity index (χ3v) is 5.54. The molecular formula is C21H21N5O3S. The van der Waals surface area contributed by atoms with Crippen molar-refractivity contribution in [1.82, 2.24) is 24.9 Å². The van der Waals surface area contributed by atoms with E-state index in [2.05, 4.69) is 20.5 Å². The molecule has 3 heterocycles. The van der Waals surface area contributed by atoms with Crippen LogP contribution < -0.4 is 15.5 Å². The topological polar surface area (TPSA) is 101 Å². The minimum absolute atomic E-state index is 0.0405. The number of ether oxygens (including phenoxy) is 1. The number of pyridine rings is 2. The SMILES string of the molecule is COc1ccc2[nH]cc(C(=O)N[C@@H](CCSC)c3nnc4ccccn34)c(=O)c2c1. The third kappa shape index (κ3) is 3.76. The fourth-order valence-electron chi connectivity index (χ4n) is 3.33. The quantitative estimate of drug-likeness (QED) is 0.474. The number of amides is 1. The number of rotatable bonds is 7. The van der Waals surface area contributed by atoms with Crippen molar-refractivity contribution < 1.29 is 9.53 Å². The van der Waals surface area contributed by atoms with Gasteiger partial charge >= 0.3 is 0 Å². The highest BCUT2D eigenvalue weighted by atomic mass is 32.2. The Bertz CT molecular complexity index is 1270. The Labute approximate surface area is 176 Å². The van der Waals surface area contributed by atoms with Gasteiger partial charge in [0.25, 0.3) is 5.91 Å². The lowest BCUT2D eigenvalue weighted by atomic mass is 10.1. The van der Waals surface area contributed by atoms with Gasteiger partial charge in [-0.05, 0) is 48.8 Å². The number of carbonyl (C=O) groups is 1. The lowest BCUT2D eigenvalue weighted by Gasteiger charge is -2.17. The van der Waals surface area contributed by atoms with Gasteiger partial charge in [0.1, 0.15) is 11.3 Å². The number of hydrogen-bond acceptors (Lipinski definition) is 6. The van der Waals surface area contributed by atoms with Crippen LogP contribution in [0.4, 0.5) is 0 Å². The third-order valence-electron chi connectivity index (χ3n) is 4.90. The summed E-state index contributed by atoms with van der Waals surface area (Å²) in [4.78, 5) is 29.0. The van der Waals surface area contributed by atoms with Crippen LogP contribution in [0.15, 0.2) is 53.6 Å². The molecule has 0 aliphatic carbocycles. The molecule has 1 amide bonds. The lowest BCUT2D eigenvalue weighted by molar-refractivity contribution is 0.0932. The van der Waals surface area contributed by atoms with Crippen molar-refractivity contribution >= 4 is 34.2 Å². The second-order valence-electron chi connectivity index (χ2n) is 6.74. The number of thioether (sulfide) groups is 1. The zero-order valence-electron chi connectivity index (χ0n) is 16.6. The van der Waals surface area contributed by atoms with Gasteiger partial charge < -0.3 is 15.0 Å². The van der Waals surface area contributed by atoms with Gasteiger partial charge in [0, 0.05) is 23.3 Å². The molecule has 30 heavy (non-hydrogen) atoms.